The molecule has 0 aliphatic carbocycles. The van der Waals surface area contributed by atoms with Crippen molar-refractivity contribution in [2.75, 3.05) is 0 Å². The fourth-order valence-electron chi connectivity index (χ4n) is 3.48. The molecule has 4 rings (SSSR count). The van der Waals surface area contributed by atoms with Crippen molar-refractivity contribution in [1.82, 2.24) is 14.9 Å². The largest absolute Gasteiger partial charge is 0.348 e. The smallest absolute Gasteiger partial charge is 0.261 e. The van der Waals surface area contributed by atoms with Gasteiger partial charge in [0.2, 0.25) is 5.91 Å². The van der Waals surface area contributed by atoms with Gasteiger partial charge in [-0.3, -0.25) is 14.2 Å². The van der Waals surface area contributed by atoms with Crippen LogP contribution in [0, 0.1) is 0 Å². The quantitative estimate of drug-likeness (QED) is 0.575. The van der Waals surface area contributed by atoms with Gasteiger partial charge in [0, 0.05) is 7.05 Å². The van der Waals surface area contributed by atoms with Gasteiger partial charge in [-0.05, 0) is 23.3 Å². The summed E-state index contributed by atoms with van der Waals surface area (Å²) >= 11 is 0. The first-order valence-corrected chi connectivity index (χ1v) is 9.47. The lowest BCUT2D eigenvalue weighted by Crippen LogP contribution is -2.33. The molecule has 1 amide bonds. The summed E-state index contributed by atoms with van der Waals surface area (Å²) < 4.78 is 1.49. The highest BCUT2D eigenvalue weighted by Crippen LogP contribution is 2.24. The first-order chi connectivity index (χ1) is 14.1. The van der Waals surface area contributed by atoms with E-state index in [4.69, 9.17) is 0 Å². The summed E-state index contributed by atoms with van der Waals surface area (Å²) in [4.78, 5) is 30.3. The van der Waals surface area contributed by atoms with E-state index in [1.807, 2.05) is 72.8 Å². The lowest BCUT2D eigenvalue weighted by molar-refractivity contribution is -0.121. The molecule has 5 nitrogen and oxygen atoms in total. The Kier molecular flexibility index (Phi) is 5.20. The van der Waals surface area contributed by atoms with Crippen molar-refractivity contribution in [1.29, 1.82) is 0 Å². The number of carbonyl (C=O) groups excluding carboxylic acids is 1. The van der Waals surface area contributed by atoms with E-state index in [2.05, 4.69) is 10.3 Å². The van der Waals surface area contributed by atoms with E-state index in [1.54, 1.807) is 19.2 Å². The van der Waals surface area contributed by atoms with Crippen molar-refractivity contribution < 1.29 is 4.79 Å². The second-order valence-electron chi connectivity index (χ2n) is 6.88. The standard InChI is InChI=1S/C24H21N3O2/c1-27-21(26-20-15-9-8-14-19(20)24(27)29)16-25-23(28)22(17-10-4-2-5-11-17)18-12-6-3-7-13-18/h2-15,22H,16H2,1H3,(H,25,28). The SMILES string of the molecule is Cn1c(CNC(=O)C(c2ccccc2)c2ccccc2)nc2ccccc2c1=O. The number of amides is 1. The third kappa shape index (κ3) is 3.80. The number of hydrogen-bond acceptors (Lipinski definition) is 3. The number of fused-ring (bicyclic) bond motifs is 1. The summed E-state index contributed by atoms with van der Waals surface area (Å²) in [6.07, 6.45) is 0. The molecule has 4 aromatic rings. The lowest BCUT2D eigenvalue weighted by atomic mass is 9.90. The third-order valence-corrected chi connectivity index (χ3v) is 5.02. The molecular weight excluding hydrogens is 362 g/mol. The number of para-hydroxylation sites is 1. The van der Waals surface area contributed by atoms with E-state index in [-0.39, 0.29) is 18.0 Å². The van der Waals surface area contributed by atoms with Gasteiger partial charge in [-0.25, -0.2) is 4.98 Å². The van der Waals surface area contributed by atoms with Gasteiger partial charge in [0.1, 0.15) is 5.82 Å². The molecule has 5 heteroatoms. The van der Waals surface area contributed by atoms with Gasteiger partial charge in [0.05, 0.1) is 23.4 Å². The average Bonchev–Trinajstić information content (AvgIpc) is 2.77. The van der Waals surface area contributed by atoms with Crippen molar-refractivity contribution in [3.8, 4) is 0 Å². The predicted octanol–water partition coefficient (Wildman–Crippen LogP) is 3.38. The maximum absolute atomic E-state index is 13.2. The molecule has 144 valence electrons. The van der Waals surface area contributed by atoms with E-state index in [0.29, 0.717) is 16.7 Å². The van der Waals surface area contributed by atoms with Crippen molar-refractivity contribution in [3.63, 3.8) is 0 Å². The highest BCUT2D eigenvalue weighted by atomic mass is 16.2. The van der Waals surface area contributed by atoms with Crippen LogP contribution in [-0.4, -0.2) is 15.5 Å². The molecule has 0 unspecified atom stereocenters. The minimum absolute atomic E-state index is 0.123. The molecule has 0 aliphatic rings. The molecule has 0 aliphatic heterocycles. The number of nitrogens with zero attached hydrogens (tertiary/aromatic N) is 2. The topological polar surface area (TPSA) is 64.0 Å². The van der Waals surface area contributed by atoms with Gasteiger partial charge in [-0.2, -0.15) is 0 Å². The van der Waals surface area contributed by atoms with Crippen LogP contribution in [0.5, 0.6) is 0 Å². The second-order valence-corrected chi connectivity index (χ2v) is 6.88. The van der Waals surface area contributed by atoms with Gasteiger partial charge < -0.3 is 5.32 Å². The summed E-state index contributed by atoms with van der Waals surface area (Å²) in [5.41, 5.74) is 2.33. The number of nitrogens with one attached hydrogen (secondary N) is 1. The van der Waals surface area contributed by atoms with Gasteiger partial charge in [0.15, 0.2) is 0 Å². The Morgan fingerprint density at radius 3 is 2.07 bits per heavy atom. The van der Waals surface area contributed by atoms with Crippen LogP contribution >= 0.6 is 0 Å². The van der Waals surface area contributed by atoms with Crippen molar-refractivity contribution in [2.45, 2.75) is 12.5 Å². The predicted molar refractivity (Wildman–Crippen MR) is 114 cm³/mol. The fourth-order valence-corrected chi connectivity index (χ4v) is 3.48. The molecule has 29 heavy (non-hydrogen) atoms. The van der Waals surface area contributed by atoms with E-state index in [9.17, 15) is 9.59 Å². The van der Waals surface area contributed by atoms with Gasteiger partial charge in [-0.1, -0.05) is 72.8 Å². The van der Waals surface area contributed by atoms with Crippen LogP contribution in [0.2, 0.25) is 0 Å². The Morgan fingerprint density at radius 2 is 1.45 bits per heavy atom. The van der Waals surface area contributed by atoms with Crippen molar-refractivity contribution in [2.24, 2.45) is 7.05 Å². The van der Waals surface area contributed by atoms with E-state index < -0.39 is 5.92 Å². The molecule has 0 atom stereocenters. The van der Waals surface area contributed by atoms with Crippen LogP contribution in [0.3, 0.4) is 0 Å². The molecule has 0 bridgehead atoms. The van der Waals surface area contributed by atoms with Crippen LogP contribution in [0.25, 0.3) is 10.9 Å². The molecular formula is C24H21N3O2. The highest BCUT2D eigenvalue weighted by Gasteiger charge is 2.22. The normalized spacial score (nSPS) is 11.0. The molecule has 0 spiro atoms. The molecule has 0 saturated heterocycles. The summed E-state index contributed by atoms with van der Waals surface area (Å²) in [5, 5.41) is 3.53. The lowest BCUT2D eigenvalue weighted by Gasteiger charge is -2.18. The molecule has 1 N–H and O–H groups in total. The summed E-state index contributed by atoms with van der Waals surface area (Å²) in [5.74, 6) is -0.0541. The number of carbonyl (C=O) groups is 1. The summed E-state index contributed by atoms with van der Waals surface area (Å²) in [6.45, 7) is 0.172. The van der Waals surface area contributed by atoms with Crippen LogP contribution < -0.4 is 10.9 Å². The molecule has 0 fully saturated rings. The Bertz CT molecular complexity index is 1160. The summed E-state index contributed by atoms with van der Waals surface area (Å²) in [7, 11) is 1.68. The molecule has 0 radical (unpaired) electrons. The van der Waals surface area contributed by atoms with E-state index in [1.165, 1.54) is 4.57 Å². The van der Waals surface area contributed by atoms with E-state index >= 15 is 0 Å². The Balaban J connectivity index is 1.63. The van der Waals surface area contributed by atoms with Crippen molar-refractivity contribution in [3.05, 3.63) is 112 Å². The van der Waals surface area contributed by atoms with Gasteiger partial charge in [-0.15, -0.1) is 0 Å². The van der Waals surface area contributed by atoms with Gasteiger partial charge in [0.25, 0.3) is 5.56 Å². The fraction of sp³-hybridized carbons (Fsp3) is 0.125. The zero-order valence-electron chi connectivity index (χ0n) is 16.1. The molecule has 1 aromatic heterocycles. The van der Waals surface area contributed by atoms with Crippen LogP contribution in [-0.2, 0) is 18.4 Å². The monoisotopic (exact) mass is 383 g/mol. The second kappa shape index (κ2) is 8.10. The minimum atomic E-state index is -0.435. The van der Waals surface area contributed by atoms with Crippen LogP contribution in [0.1, 0.15) is 22.9 Å². The Hall–Kier alpha value is -3.73. The molecule has 1 heterocycles. The van der Waals surface area contributed by atoms with Gasteiger partial charge >= 0.3 is 0 Å². The summed E-state index contributed by atoms with van der Waals surface area (Å²) in [6, 6.07) is 26.6. The maximum atomic E-state index is 13.2. The number of rotatable bonds is 5. The molecule has 3 aromatic carbocycles. The average molecular weight is 383 g/mol. The highest BCUT2D eigenvalue weighted by molar-refractivity contribution is 5.87. The number of benzene rings is 3. The van der Waals surface area contributed by atoms with Crippen molar-refractivity contribution >= 4 is 16.8 Å². The number of aromatic nitrogens is 2. The third-order valence-electron chi connectivity index (χ3n) is 5.02. The zero-order chi connectivity index (χ0) is 20.2. The Labute approximate surface area is 168 Å². The first-order valence-electron chi connectivity index (χ1n) is 9.47. The Morgan fingerprint density at radius 1 is 0.897 bits per heavy atom. The van der Waals surface area contributed by atoms with E-state index in [0.717, 1.165) is 11.1 Å². The van der Waals surface area contributed by atoms with Crippen LogP contribution in [0.15, 0.2) is 89.7 Å². The van der Waals surface area contributed by atoms with Crippen LogP contribution in [0.4, 0.5) is 0 Å². The zero-order valence-corrected chi connectivity index (χ0v) is 16.1. The minimum Gasteiger partial charge on any atom is -0.348 e. The molecule has 0 saturated carbocycles. The first kappa shape index (κ1) is 18.6. The number of hydrogen-bond donors (Lipinski definition) is 1. The maximum Gasteiger partial charge on any atom is 0.261 e.